The molecule has 1 aromatic carbocycles. The second kappa shape index (κ2) is 7.64. The van der Waals surface area contributed by atoms with E-state index in [1.54, 1.807) is 0 Å². The van der Waals surface area contributed by atoms with Crippen molar-refractivity contribution in [3.63, 3.8) is 0 Å². The Morgan fingerprint density at radius 3 is 2.12 bits per heavy atom. The zero-order valence-corrected chi connectivity index (χ0v) is 14.5. The zero-order chi connectivity index (χ0) is 18.6. The largest absolute Gasteiger partial charge is 0.481 e. The SMILES string of the molecule is CC(=O)NS(=O)(=O)c1ccc(NC(=O)[C@@H]2CCCC[C@H]2C(=O)O)cc1. The standard InChI is InChI=1S/C16H20N2O6S/c1-10(19)18-25(23,24)12-8-6-11(7-9-12)17-15(20)13-4-2-3-5-14(13)16(21)22/h6-9,13-14H,2-5H2,1H3,(H,17,20)(H,18,19)(H,21,22)/t13-,14-/m1/s1. The van der Waals surface area contributed by atoms with E-state index in [4.69, 9.17) is 0 Å². The average molecular weight is 368 g/mol. The Morgan fingerprint density at radius 2 is 1.60 bits per heavy atom. The van der Waals surface area contributed by atoms with E-state index >= 15 is 0 Å². The van der Waals surface area contributed by atoms with E-state index in [2.05, 4.69) is 5.32 Å². The third-order valence-electron chi connectivity index (χ3n) is 4.13. The number of carbonyl (C=O) groups excluding carboxylic acids is 2. The monoisotopic (exact) mass is 368 g/mol. The Balaban J connectivity index is 2.09. The van der Waals surface area contributed by atoms with Gasteiger partial charge in [-0.25, -0.2) is 13.1 Å². The highest BCUT2D eigenvalue weighted by atomic mass is 32.2. The molecule has 0 saturated heterocycles. The van der Waals surface area contributed by atoms with Gasteiger partial charge in [0.2, 0.25) is 11.8 Å². The Bertz CT molecular complexity index is 772. The van der Waals surface area contributed by atoms with Crippen LogP contribution in [0.15, 0.2) is 29.2 Å². The van der Waals surface area contributed by atoms with Gasteiger partial charge in [0.25, 0.3) is 10.0 Å². The molecule has 1 aliphatic carbocycles. The molecule has 2 rings (SSSR count). The van der Waals surface area contributed by atoms with E-state index in [0.29, 0.717) is 18.5 Å². The van der Waals surface area contributed by atoms with Gasteiger partial charge in [0, 0.05) is 12.6 Å². The Kier molecular flexibility index (Phi) is 5.78. The molecule has 0 radical (unpaired) electrons. The van der Waals surface area contributed by atoms with Gasteiger partial charge >= 0.3 is 5.97 Å². The van der Waals surface area contributed by atoms with E-state index in [9.17, 15) is 27.9 Å². The fourth-order valence-electron chi connectivity index (χ4n) is 2.94. The van der Waals surface area contributed by atoms with E-state index in [1.807, 2.05) is 4.72 Å². The van der Waals surface area contributed by atoms with E-state index in [1.165, 1.54) is 24.3 Å². The number of sulfonamides is 1. The summed E-state index contributed by atoms with van der Waals surface area (Å²) in [6.07, 6.45) is 2.57. The second-order valence-electron chi connectivity index (χ2n) is 6.01. The molecule has 8 nitrogen and oxygen atoms in total. The van der Waals surface area contributed by atoms with Crippen molar-refractivity contribution in [1.29, 1.82) is 0 Å². The molecule has 9 heteroatoms. The summed E-state index contributed by atoms with van der Waals surface area (Å²) in [5.41, 5.74) is 0.362. The van der Waals surface area contributed by atoms with E-state index in [0.717, 1.165) is 19.8 Å². The number of carbonyl (C=O) groups is 3. The molecule has 1 aliphatic rings. The number of hydrogen-bond acceptors (Lipinski definition) is 5. The summed E-state index contributed by atoms with van der Waals surface area (Å²) in [6.45, 7) is 1.09. The molecule has 3 N–H and O–H groups in total. The number of nitrogens with one attached hydrogen (secondary N) is 2. The quantitative estimate of drug-likeness (QED) is 0.719. The van der Waals surface area contributed by atoms with Gasteiger partial charge in [-0.05, 0) is 37.1 Å². The van der Waals surface area contributed by atoms with Crippen molar-refractivity contribution in [2.45, 2.75) is 37.5 Å². The van der Waals surface area contributed by atoms with Crippen LogP contribution < -0.4 is 10.0 Å². The number of anilines is 1. The lowest BCUT2D eigenvalue weighted by atomic mass is 9.78. The van der Waals surface area contributed by atoms with Crippen molar-refractivity contribution in [2.75, 3.05) is 5.32 Å². The molecule has 1 aromatic rings. The summed E-state index contributed by atoms with van der Waals surface area (Å²) in [5, 5.41) is 11.9. The second-order valence-corrected chi connectivity index (χ2v) is 7.69. The number of hydrogen-bond donors (Lipinski definition) is 3. The number of aliphatic carboxylic acids is 1. The van der Waals surface area contributed by atoms with Crippen molar-refractivity contribution in [1.82, 2.24) is 4.72 Å². The van der Waals surface area contributed by atoms with Crippen LogP contribution in [0.3, 0.4) is 0 Å². The highest BCUT2D eigenvalue weighted by Gasteiger charge is 2.35. The van der Waals surface area contributed by atoms with Gasteiger partial charge in [-0.2, -0.15) is 0 Å². The maximum Gasteiger partial charge on any atom is 0.307 e. The fourth-order valence-corrected chi connectivity index (χ4v) is 3.93. The van der Waals surface area contributed by atoms with Crippen LogP contribution in [0.25, 0.3) is 0 Å². The molecule has 2 amide bonds. The molecular formula is C16H20N2O6S. The molecule has 0 aromatic heterocycles. The molecule has 25 heavy (non-hydrogen) atoms. The van der Waals surface area contributed by atoms with Gasteiger partial charge in [-0.1, -0.05) is 12.8 Å². The predicted octanol–water partition coefficient (Wildman–Crippen LogP) is 1.34. The molecule has 136 valence electrons. The maximum atomic E-state index is 12.4. The summed E-state index contributed by atoms with van der Waals surface area (Å²) in [5.74, 6) is -3.36. The number of rotatable bonds is 5. The molecule has 0 spiro atoms. The Labute approximate surface area is 145 Å². The first-order valence-corrected chi connectivity index (χ1v) is 9.36. The zero-order valence-electron chi connectivity index (χ0n) is 13.7. The number of carboxylic acid groups (broad SMARTS) is 1. The van der Waals surface area contributed by atoms with Gasteiger partial charge in [0.05, 0.1) is 16.7 Å². The Hall–Kier alpha value is -2.42. The minimum Gasteiger partial charge on any atom is -0.481 e. The van der Waals surface area contributed by atoms with E-state index < -0.39 is 33.7 Å². The maximum absolute atomic E-state index is 12.4. The molecule has 1 saturated carbocycles. The van der Waals surface area contributed by atoms with Gasteiger partial charge in [0.15, 0.2) is 0 Å². The molecule has 0 bridgehead atoms. The Morgan fingerprint density at radius 1 is 1.04 bits per heavy atom. The minimum atomic E-state index is -3.94. The molecule has 2 atom stereocenters. The highest BCUT2D eigenvalue weighted by molar-refractivity contribution is 7.90. The lowest BCUT2D eigenvalue weighted by Gasteiger charge is -2.27. The van der Waals surface area contributed by atoms with Crippen LogP contribution in [-0.2, 0) is 24.4 Å². The number of benzene rings is 1. The topological polar surface area (TPSA) is 130 Å². The summed E-state index contributed by atoms with van der Waals surface area (Å²) in [6, 6.07) is 5.31. The first-order valence-electron chi connectivity index (χ1n) is 7.88. The molecular weight excluding hydrogens is 348 g/mol. The van der Waals surface area contributed by atoms with Gasteiger partial charge < -0.3 is 10.4 Å². The molecule has 0 aliphatic heterocycles. The van der Waals surface area contributed by atoms with Gasteiger partial charge in [-0.15, -0.1) is 0 Å². The number of carboxylic acids is 1. The van der Waals surface area contributed by atoms with Crippen LogP contribution in [-0.4, -0.2) is 31.3 Å². The summed E-state index contributed by atoms with van der Waals surface area (Å²) in [7, 11) is -3.94. The lowest BCUT2D eigenvalue weighted by Crippen LogP contribution is -2.36. The van der Waals surface area contributed by atoms with Crippen LogP contribution in [0.2, 0.25) is 0 Å². The third kappa shape index (κ3) is 4.79. The summed E-state index contributed by atoms with van der Waals surface area (Å²) in [4.78, 5) is 34.4. The fraction of sp³-hybridized carbons (Fsp3) is 0.438. The normalized spacial score (nSPS) is 20.5. The first-order chi connectivity index (χ1) is 11.7. The van der Waals surface area contributed by atoms with Crippen LogP contribution in [0.1, 0.15) is 32.6 Å². The molecule has 1 fully saturated rings. The van der Waals surface area contributed by atoms with Gasteiger partial charge in [-0.3, -0.25) is 14.4 Å². The van der Waals surface area contributed by atoms with Gasteiger partial charge in [0.1, 0.15) is 0 Å². The van der Waals surface area contributed by atoms with Crippen LogP contribution in [0, 0.1) is 11.8 Å². The predicted molar refractivity (Wildman–Crippen MR) is 89.2 cm³/mol. The van der Waals surface area contributed by atoms with Crippen molar-refractivity contribution in [3.05, 3.63) is 24.3 Å². The van der Waals surface area contributed by atoms with Crippen LogP contribution in [0.5, 0.6) is 0 Å². The lowest BCUT2D eigenvalue weighted by molar-refractivity contribution is -0.147. The first kappa shape index (κ1) is 18.9. The average Bonchev–Trinajstić information content (AvgIpc) is 2.54. The van der Waals surface area contributed by atoms with Crippen LogP contribution in [0.4, 0.5) is 5.69 Å². The van der Waals surface area contributed by atoms with E-state index in [-0.39, 0.29) is 10.8 Å². The summed E-state index contributed by atoms with van der Waals surface area (Å²) < 4.78 is 25.6. The van der Waals surface area contributed by atoms with Crippen molar-refractivity contribution in [2.24, 2.45) is 11.8 Å². The third-order valence-corrected chi connectivity index (χ3v) is 5.58. The highest BCUT2D eigenvalue weighted by Crippen LogP contribution is 2.31. The molecule has 0 heterocycles. The van der Waals surface area contributed by atoms with Crippen LogP contribution >= 0.6 is 0 Å². The minimum absolute atomic E-state index is 0.109. The van der Waals surface area contributed by atoms with Crippen molar-refractivity contribution >= 4 is 33.5 Å². The number of amides is 2. The van der Waals surface area contributed by atoms with Crippen molar-refractivity contribution < 1.29 is 27.9 Å². The van der Waals surface area contributed by atoms with Crippen molar-refractivity contribution in [3.8, 4) is 0 Å². The molecule has 0 unspecified atom stereocenters. The smallest absolute Gasteiger partial charge is 0.307 e. The summed E-state index contributed by atoms with van der Waals surface area (Å²) >= 11 is 0.